The van der Waals surface area contributed by atoms with Crippen molar-refractivity contribution < 1.29 is 0 Å². The molecule has 0 heteroatoms. The molecule has 0 atom stereocenters. The predicted octanol–water partition coefficient (Wildman–Crippen LogP) is 3.95. The zero-order chi connectivity index (χ0) is 10.9. The van der Waals surface area contributed by atoms with Crippen molar-refractivity contribution >= 4 is 0 Å². The first-order valence-electron chi connectivity index (χ1n) is 5.20. The molecule has 76 valence electrons. The molecule has 1 aliphatic rings. The van der Waals surface area contributed by atoms with Crippen molar-refractivity contribution in [3.63, 3.8) is 0 Å². The molecular formula is C15H16. The van der Waals surface area contributed by atoms with E-state index in [9.17, 15) is 0 Å². The summed E-state index contributed by atoms with van der Waals surface area (Å²) in [6.07, 6.45) is 16.1. The topological polar surface area (TPSA) is 0 Å². The van der Waals surface area contributed by atoms with E-state index in [1.807, 2.05) is 25.2 Å². The SMILES string of the molecule is C=C/C=C(C#CC1=CC=CCC1)\C=C/C. The van der Waals surface area contributed by atoms with Crippen molar-refractivity contribution in [1.82, 2.24) is 0 Å². The first-order valence-corrected chi connectivity index (χ1v) is 5.20. The van der Waals surface area contributed by atoms with E-state index < -0.39 is 0 Å². The van der Waals surface area contributed by atoms with Crippen molar-refractivity contribution in [3.8, 4) is 11.8 Å². The minimum atomic E-state index is 1.00. The first-order chi connectivity index (χ1) is 7.36. The maximum Gasteiger partial charge on any atom is 0.0245 e. The lowest BCUT2D eigenvalue weighted by Crippen LogP contribution is -1.83. The number of hydrogen-bond donors (Lipinski definition) is 0. The first kappa shape index (κ1) is 11.3. The van der Waals surface area contributed by atoms with E-state index in [-0.39, 0.29) is 0 Å². The molecular weight excluding hydrogens is 180 g/mol. The molecule has 0 aromatic rings. The summed E-state index contributed by atoms with van der Waals surface area (Å²) in [6.45, 7) is 5.66. The van der Waals surface area contributed by atoms with E-state index in [0.29, 0.717) is 0 Å². The Morgan fingerprint density at radius 1 is 1.53 bits per heavy atom. The van der Waals surface area contributed by atoms with Gasteiger partial charge in [0.05, 0.1) is 0 Å². The lowest BCUT2D eigenvalue weighted by Gasteiger charge is -1.99. The van der Waals surface area contributed by atoms with Crippen molar-refractivity contribution in [1.29, 1.82) is 0 Å². The van der Waals surface area contributed by atoms with Crippen molar-refractivity contribution in [3.05, 3.63) is 60.3 Å². The third-order valence-electron chi connectivity index (χ3n) is 2.02. The molecule has 0 fully saturated rings. The fraction of sp³-hybridized carbons (Fsp3) is 0.200. The monoisotopic (exact) mass is 196 g/mol. The molecule has 0 amide bonds. The Bertz CT molecular complexity index is 389. The van der Waals surface area contributed by atoms with Gasteiger partial charge >= 0.3 is 0 Å². The Kier molecular flexibility index (Phi) is 5.04. The van der Waals surface area contributed by atoms with Crippen LogP contribution < -0.4 is 0 Å². The second-order valence-electron chi connectivity index (χ2n) is 3.27. The average molecular weight is 196 g/mol. The summed E-state index contributed by atoms with van der Waals surface area (Å²) in [5, 5.41) is 0. The maximum atomic E-state index is 3.67. The van der Waals surface area contributed by atoms with Crippen LogP contribution in [0.2, 0.25) is 0 Å². The van der Waals surface area contributed by atoms with Gasteiger partial charge in [0.1, 0.15) is 0 Å². The second-order valence-corrected chi connectivity index (χ2v) is 3.27. The van der Waals surface area contributed by atoms with Crippen molar-refractivity contribution in [2.24, 2.45) is 0 Å². The summed E-state index contributed by atoms with van der Waals surface area (Å²) in [5.74, 6) is 6.33. The molecule has 0 N–H and O–H groups in total. The summed E-state index contributed by atoms with van der Waals surface area (Å²) >= 11 is 0. The molecule has 1 rings (SSSR count). The van der Waals surface area contributed by atoms with Crippen LogP contribution in [0, 0.1) is 11.8 Å². The zero-order valence-corrected chi connectivity index (χ0v) is 9.16. The maximum absolute atomic E-state index is 3.67. The van der Waals surface area contributed by atoms with Gasteiger partial charge in [0, 0.05) is 11.1 Å². The van der Waals surface area contributed by atoms with Gasteiger partial charge in [-0.25, -0.2) is 0 Å². The predicted molar refractivity (Wildman–Crippen MR) is 67.3 cm³/mol. The van der Waals surface area contributed by atoms with E-state index in [4.69, 9.17) is 0 Å². The van der Waals surface area contributed by atoms with Crippen LogP contribution >= 0.6 is 0 Å². The molecule has 0 spiro atoms. The highest BCUT2D eigenvalue weighted by molar-refractivity contribution is 5.46. The highest BCUT2D eigenvalue weighted by Crippen LogP contribution is 2.10. The van der Waals surface area contributed by atoms with Gasteiger partial charge in [0.25, 0.3) is 0 Å². The molecule has 0 radical (unpaired) electrons. The third-order valence-corrected chi connectivity index (χ3v) is 2.02. The van der Waals surface area contributed by atoms with Crippen LogP contribution in [-0.2, 0) is 0 Å². The van der Waals surface area contributed by atoms with Crippen molar-refractivity contribution in [2.75, 3.05) is 0 Å². The van der Waals surface area contributed by atoms with Gasteiger partial charge in [0.15, 0.2) is 0 Å². The third kappa shape index (κ3) is 4.33. The summed E-state index contributed by atoms with van der Waals surface area (Å²) in [6, 6.07) is 0. The van der Waals surface area contributed by atoms with E-state index in [1.54, 1.807) is 6.08 Å². The average Bonchev–Trinajstić information content (AvgIpc) is 2.28. The minimum Gasteiger partial charge on any atom is -0.0990 e. The van der Waals surface area contributed by atoms with E-state index in [1.165, 1.54) is 5.57 Å². The lowest BCUT2D eigenvalue weighted by molar-refractivity contribution is 1.000. The molecule has 0 saturated carbocycles. The van der Waals surface area contributed by atoms with Gasteiger partial charge < -0.3 is 0 Å². The molecule has 1 aliphatic carbocycles. The second kappa shape index (κ2) is 6.68. The standard InChI is InChI=1S/C15H16/c1-3-8-14(9-4-2)12-13-15-10-6-5-7-11-15/h3-6,8-10H,1,7,11H2,2H3/b9-4-,14-8+. The van der Waals surface area contributed by atoms with Crippen LogP contribution in [0.15, 0.2) is 60.3 Å². The summed E-state index contributed by atoms with van der Waals surface area (Å²) < 4.78 is 0. The molecule has 15 heavy (non-hydrogen) atoms. The van der Waals surface area contributed by atoms with E-state index >= 15 is 0 Å². The Balaban J connectivity index is 2.77. The Morgan fingerprint density at radius 3 is 3.00 bits per heavy atom. The largest absolute Gasteiger partial charge is 0.0990 e. The number of hydrogen-bond acceptors (Lipinski definition) is 0. The molecule has 0 bridgehead atoms. The van der Waals surface area contributed by atoms with Crippen LogP contribution in [0.1, 0.15) is 19.8 Å². The van der Waals surface area contributed by atoms with Gasteiger partial charge in [0.2, 0.25) is 0 Å². The fourth-order valence-electron chi connectivity index (χ4n) is 1.30. The number of allylic oxidation sites excluding steroid dienone is 9. The van der Waals surface area contributed by atoms with Crippen LogP contribution in [0.4, 0.5) is 0 Å². The smallest absolute Gasteiger partial charge is 0.0245 e. The molecule has 0 aromatic heterocycles. The molecule has 0 nitrogen and oxygen atoms in total. The Hall–Kier alpha value is -1.74. The van der Waals surface area contributed by atoms with Crippen LogP contribution in [0.5, 0.6) is 0 Å². The van der Waals surface area contributed by atoms with Crippen LogP contribution in [0.25, 0.3) is 0 Å². The van der Waals surface area contributed by atoms with Gasteiger partial charge in [-0.2, -0.15) is 0 Å². The molecule has 0 saturated heterocycles. The van der Waals surface area contributed by atoms with Gasteiger partial charge in [-0.1, -0.05) is 54.9 Å². The van der Waals surface area contributed by atoms with E-state index in [2.05, 4.69) is 36.6 Å². The Morgan fingerprint density at radius 2 is 2.40 bits per heavy atom. The van der Waals surface area contributed by atoms with Crippen molar-refractivity contribution in [2.45, 2.75) is 19.8 Å². The summed E-state index contributed by atoms with van der Waals surface area (Å²) in [5.41, 5.74) is 2.21. The quantitative estimate of drug-likeness (QED) is 0.463. The van der Waals surface area contributed by atoms with Gasteiger partial charge in [-0.05, 0) is 25.8 Å². The van der Waals surface area contributed by atoms with Gasteiger partial charge in [-0.15, -0.1) is 0 Å². The van der Waals surface area contributed by atoms with Crippen LogP contribution in [0.3, 0.4) is 0 Å². The number of rotatable bonds is 2. The Labute approximate surface area is 92.4 Å². The minimum absolute atomic E-state index is 1.00. The van der Waals surface area contributed by atoms with Crippen LogP contribution in [-0.4, -0.2) is 0 Å². The summed E-state index contributed by atoms with van der Waals surface area (Å²) in [4.78, 5) is 0. The summed E-state index contributed by atoms with van der Waals surface area (Å²) in [7, 11) is 0. The molecule has 0 unspecified atom stereocenters. The fourth-order valence-corrected chi connectivity index (χ4v) is 1.30. The molecule has 0 aromatic carbocycles. The lowest BCUT2D eigenvalue weighted by atomic mass is 10.1. The zero-order valence-electron chi connectivity index (χ0n) is 9.16. The normalized spacial score (nSPS) is 15.8. The molecule has 0 heterocycles. The van der Waals surface area contributed by atoms with E-state index in [0.717, 1.165) is 18.4 Å². The highest BCUT2D eigenvalue weighted by Gasteiger charge is 1.94. The van der Waals surface area contributed by atoms with Gasteiger partial charge in [-0.3, -0.25) is 0 Å². The highest BCUT2D eigenvalue weighted by atomic mass is 14.0. The molecule has 0 aliphatic heterocycles.